The Morgan fingerprint density at radius 1 is 1.27 bits per heavy atom. The van der Waals surface area contributed by atoms with Crippen LogP contribution in [0.5, 0.6) is 11.8 Å². The average molecular weight is 437 g/mol. The predicted molar refractivity (Wildman–Crippen MR) is 104 cm³/mol. The number of halogens is 2. The molecule has 4 atom stereocenters. The molecular formula is C19H18ClFN4O5. The van der Waals surface area contributed by atoms with E-state index in [-0.39, 0.29) is 49.0 Å². The number of nitrogens with zero attached hydrogens (tertiary/aromatic N) is 2. The first-order valence-electron chi connectivity index (χ1n) is 9.34. The van der Waals surface area contributed by atoms with Gasteiger partial charge in [0.1, 0.15) is 35.7 Å². The summed E-state index contributed by atoms with van der Waals surface area (Å²) in [5.41, 5.74) is 1.01. The highest BCUT2D eigenvalue weighted by atomic mass is 35.5. The lowest BCUT2D eigenvalue weighted by Gasteiger charge is -2.15. The molecule has 2 saturated heterocycles. The lowest BCUT2D eigenvalue weighted by molar-refractivity contribution is 0.00706. The summed E-state index contributed by atoms with van der Waals surface area (Å²) >= 11 is 6.28. The Morgan fingerprint density at radius 3 is 2.93 bits per heavy atom. The fraction of sp³-hybridized carbons (Fsp3) is 0.368. The van der Waals surface area contributed by atoms with Gasteiger partial charge in [0.25, 0.3) is 6.01 Å². The molecule has 2 aliphatic heterocycles. The second kappa shape index (κ2) is 7.55. The maximum absolute atomic E-state index is 13.9. The number of anilines is 1. The minimum Gasteiger partial charge on any atom is -0.507 e. The van der Waals surface area contributed by atoms with Crippen LogP contribution in [0.4, 0.5) is 10.2 Å². The maximum Gasteiger partial charge on any atom is 0.296 e. The second-order valence-corrected chi connectivity index (χ2v) is 7.55. The van der Waals surface area contributed by atoms with Crippen LogP contribution in [0.3, 0.4) is 0 Å². The lowest BCUT2D eigenvalue weighted by Crippen LogP contribution is -2.34. The average Bonchev–Trinajstić information content (AvgIpc) is 3.39. The van der Waals surface area contributed by atoms with E-state index in [1.54, 1.807) is 6.07 Å². The van der Waals surface area contributed by atoms with Crippen molar-refractivity contribution in [2.24, 2.45) is 0 Å². The molecular weight excluding hydrogens is 419 g/mol. The number of hydrogen-bond donors (Lipinski definition) is 4. The van der Waals surface area contributed by atoms with Gasteiger partial charge in [0.15, 0.2) is 11.8 Å². The molecule has 1 aromatic carbocycles. The Hall–Kier alpha value is -2.66. The first-order chi connectivity index (χ1) is 14.5. The van der Waals surface area contributed by atoms with E-state index in [4.69, 9.17) is 25.8 Å². The number of aliphatic hydroxyl groups is 1. The van der Waals surface area contributed by atoms with Crippen molar-refractivity contribution in [3.63, 3.8) is 0 Å². The van der Waals surface area contributed by atoms with Crippen LogP contribution >= 0.6 is 11.6 Å². The predicted octanol–water partition coefficient (Wildman–Crippen LogP) is 1.97. The van der Waals surface area contributed by atoms with Crippen LogP contribution in [0.15, 0.2) is 24.3 Å². The van der Waals surface area contributed by atoms with Gasteiger partial charge in [-0.2, -0.15) is 4.98 Å². The van der Waals surface area contributed by atoms with E-state index in [2.05, 4.69) is 20.3 Å². The molecule has 2 aromatic heterocycles. The van der Waals surface area contributed by atoms with Gasteiger partial charge in [-0.1, -0.05) is 17.7 Å². The van der Waals surface area contributed by atoms with Gasteiger partial charge in [0, 0.05) is 12.1 Å². The van der Waals surface area contributed by atoms with Gasteiger partial charge in [-0.25, -0.2) is 9.37 Å². The van der Waals surface area contributed by atoms with Crippen LogP contribution < -0.4 is 10.1 Å². The van der Waals surface area contributed by atoms with Crippen molar-refractivity contribution in [1.29, 1.82) is 0 Å². The van der Waals surface area contributed by atoms with E-state index in [0.717, 1.165) is 0 Å². The number of nitrogens with one attached hydrogen (secondary N) is 2. The maximum atomic E-state index is 13.9. The van der Waals surface area contributed by atoms with Crippen LogP contribution in [0, 0.1) is 5.82 Å². The number of pyridine rings is 1. The fourth-order valence-corrected chi connectivity index (χ4v) is 3.88. The van der Waals surface area contributed by atoms with Gasteiger partial charge in [0.05, 0.1) is 23.8 Å². The van der Waals surface area contributed by atoms with Crippen LogP contribution in [0.1, 0.15) is 5.56 Å². The van der Waals surface area contributed by atoms with E-state index in [0.29, 0.717) is 16.2 Å². The Kier molecular flexibility index (Phi) is 4.86. The normalized spacial score (nSPS) is 25.6. The summed E-state index contributed by atoms with van der Waals surface area (Å²) in [6.07, 6.45) is -1.85. The molecule has 0 amide bonds. The number of hydrogen-bond acceptors (Lipinski definition) is 8. The Labute approximate surface area is 174 Å². The Morgan fingerprint density at radius 2 is 2.10 bits per heavy atom. The number of ether oxygens (including phenoxy) is 3. The molecule has 11 heteroatoms. The number of H-pyrrole nitrogens is 1. The summed E-state index contributed by atoms with van der Waals surface area (Å²) in [6, 6.07) is 5.93. The van der Waals surface area contributed by atoms with E-state index in [1.165, 1.54) is 18.2 Å². The number of benzene rings is 1. The molecule has 4 heterocycles. The molecule has 2 aliphatic rings. The molecule has 0 saturated carbocycles. The number of phenolic OH excluding ortho intramolecular Hbond substituents is 1. The molecule has 0 spiro atoms. The first-order valence-corrected chi connectivity index (χ1v) is 9.72. The van der Waals surface area contributed by atoms with Gasteiger partial charge in [0.2, 0.25) is 0 Å². The topological polar surface area (TPSA) is 122 Å². The summed E-state index contributed by atoms with van der Waals surface area (Å²) in [5.74, 6) is -0.408. The highest BCUT2D eigenvalue weighted by Crippen LogP contribution is 2.31. The number of phenols is 1. The van der Waals surface area contributed by atoms with Crippen LogP contribution in [0.25, 0.3) is 11.2 Å². The van der Waals surface area contributed by atoms with Gasteiger partial charge >= 0.3 is 0 Å². The molecule has 0 radical (unpaired) electrons. The van der Waals surface area contributed by atoms with Crippen molar-refractivity contribution in [1.82, 2.24) is 15.0 Å². The molecule has 5 rings (SSSR count). The Bertz CT molecular complexity index is 1080. The summed E-state index contributed by atoms with van der Waals surface area (Å²) in [5, 5.41) is 22.9. The van der Waals surface area contributed by atoms with Gasteiger partial charge in [-0.3, -0.25) is 0 Å². The van der Waals surface area contributed by atoms with Crippen LogP contribution in [0.2, 0.25) is 5.02 Å². The summed E-state index contributed by atoms with van der Waals surface area (Å²) in [4.78, 5) is 11.7. The number of rotatable bonds is 5. The SMILES string of the molecule is Oc1cccc(F)c1CNc1nc2nc(O[C@@H]3CO[C@H]4C3OC[C@H]4O)[nH]c2cc1Cl. The number of aromatic nitrogens is 3. The first kappa shape index (κ1) is 19.3. The number of aromatic hydroxyl groups is 1. The minimum absolute atomic E-state index is 0.00728. The molecule has 30 heavy (non-hydrogen) atoms. The highest BCUT2D eigenvalue weighted by Gasteiger charge is 2.48. The van der Waals surface area contributed by atoms with Crippen molar-refractivity contribution < 1.29 is 28.8 Å². The number of aromatic amines is 1. The van der Waals surface area contributed by atoms with E-state index in [9.17, 15) is 14.6 Å². The number of aliphatic hydroxyl groups excluding tert-OH is 1. The number of imidazole rings is 1. The second-order valence-electron chi connectivity index (χ2n) is 7.14. The fourth-order valence-electron chi connectivity index (χ4n) is 3.66. The van der Waals surface area contributed by atoms with Gasteiger partial charge < -0.3 is 34.7 Å². The lowest BCUT2D eigenvalue weighted by atomic mass is 10.1. The Balaban J connectivity index is 1.33. The summed E-state index contributed by atoms with van der Waals surface area (Å²) in [6.45, 7) is 0.475. The zero-order valence-corrected chi connectivity index (χ0v) is 16.3. The zero-order chi connectivity index (χ0) is 20.8. The highest BCUT2D eigenvalue weighted by molar-refractivity contribution is 6.33. The van der Waals surface area contributed by atoms with E-state index < -0.39 is 24.1 Å². The third-order valence-corrected chi connectivity index (χ3v) is 5.46. The molecule has 158 valence electrons. The quantitative estimate of drug-likeness (QED) is 0.479. The molecule has 0 aliphatic carbocycles. The van der Waals surface area contributed by atoms with Gasteiger partial charge in [-0.05, 0) is 18.2 Å². The molecule has 2 fully saturated rings. The standard InChI is InChI=1S/C19H18ClFN4O5/c20-9-4-11-18(24-17(9)22-5-8-10(21)2-1-3-12(8)26)25-19(23-11)30-14-7-29-15-13(27)6-28-16(14)15/h1-4,13-16,26-27H,5-7H2,(H2,22,23,24,25)/t13-,14-,15-,16?/m1/s1. The summed E-state index contributed by atoms with van der Waals surface area (Å²) in [7, 11) is 0. The third-order valence-electron chi connectivity index (χ3n) is 5.18. The van der Waals surface area contributed by atoms with E-state index in [1.807, 2.05) is 0 Å². The van der Waals surface area contributed by atoms with Crippen molar-refractivity contribution in [3.05, 3.63) is 40.7 Å². The molecule has 1 unspecified atom stereocenters. The molecule has 0 bridgehead atoms. The molecule has 3 aromatic rings. The van der Waals surface area contributed by atoms with Crippen molar-refractivity contribution in [2.45, 2.75) is 31.0 Å². The van der Waals surface area contributed by atoms with Gasteiger partial charge in [-0.15, -0.1) is 0 Å². The molecule has 4 N–H and O–H groups in total. The van der Waals surface area contributed by atoms with Crippen LogP contribution in [-0.2, 0) is 16.0 Å². The van der Waals surface area contributed by atoms with Crippen molar-refractivity contribution in [2.75, 3.05) is 18.5 Å². The monoisotopic (exact) mass is 436 g/mol. The van der Waals surface area contributed by atoms with Crippen molar-refractivity contribution in [3.8, 4) is 11.8 Å². The summed E-state index contributed by atoms with van der Waals surface area (Å²) < 4.78 is 30.8. The zero-order valence-electron chi connectivity index (χ0n) is 15.5. The molecule has 9 nitrogen and oxygen atoms in total. The smallest absolute Gasteiger partial charge is 0.296 e. The van der Waals surface area contributed by atoms with Crippen molar-refractivity contribution >= 4 is 28.6 Å². The minimum atomic E-state index is -0.665. The number of fused-ring (bicyclic) bond motifs is 2. The van der Waals surface area contributed by atoms with Crippen LogP contribution in [-0.4, -0.2) is 62.8 Å². The third kappa shape index (κ3) is 3.41. The van der Waals surface area contributed by atoms with E-state index >= 15 is 0 Å². The largest absolute Gasteiger partial charge is 0.507 e.